The summed E-state index contributed by atoms with van der Waals surface area (Å²) in [5.41, 5.74) is 1.46. The summed E-state index contributed by atoms with van der Waals surface area (Å²) in [5.74, 6) is 0.0787. The van der Waals surface area contributed by atoms with Crippen molar-refractivity contribution >= 4 is 23.5 Å². The van der Waals surface area contributed by atoms with E-state index in [2.05, 4.69) is 25.3 Å². The van der Waals surface area contributed by atoms with E-state index < -0.39 is 5.97 Å². The molecule has 126 valence electrons. The van der Waals surface area contributed by atoms with Crippen molar-refractivity contribution in [2.45, 2.75) is 13.8 Å². The predicted octanol–water partition coefficient (Wildman–Crippen LogP) is 2.39. The molecule has 2 aromatic rings. The van der Waals surface area contributed by atoms with Crippen molar-refractivity contribution in [1.82, 2.24) is 15.3 Å². The van der Waals surface area contributed by atoms with Gasteiger partial charge in [0.1, 0.15) is 0 Å². The van der Waals surface area contributed by atoms with Gasteiger partial charge < -0.3 is 15.4 Å². The van der Waals surface area contributed by atoms with Gasteiger partial charge in [-0.15, -0.1) is 0 Å². The fraction of sp³-hybridized carbons (Fsp3) is 0.294. The first-order chi connectivity index (χ1) is 11.5. The topological polar surface area (TPSA) is 93.2 Å². The number of benzene rings is 1. The lowest BCUT2D eigenvalue weighted by Crippen LogP contribution is -2.27. The van der Waals surface area contributed by atoms with Crippen molar-refractivity contribution in [3.05, 3.63) is 47.8 Å². The van der Waals surface area contributed by atoms with Gasteiger partial charge in [0, 0.05) is 24.6 Å². The van der Waals surface area contributed by atoms with Gasteiger partial charge >= 0.3 is 5.97 Å². The van der Waals surface area contributed by atoms with Gasteiger partial charge in [0.15, 0.2) is 0 Å². The predicted molar refractivity (Wildman–Crippen MR) is 90.3 cm³/mol. The van der Waals surface area contributed by atoms with E-state index in [1.807, 2.05) is 13.8 Å². The van der Waals surface area contributed by atoms with Gasteiger partial charge in [0.2, 0.25) is 5.95 Å². The molecule has 0 aliphatic heterocycles. The molecule has 7 nitrogen and oxygen atoms in total. The average molecular weight is 328 g/mol. The lowest BCUT2D eigenvalue weighted by Gasteiger charge is -2.08. The number of nitrogens with one attached hydrogen (secondary N) is 2. The molecule has 24 heavy (non-hydrogen) atoms. The molecule has 1 heterocycles. The van der Waals surface area contributed by atoms with Crippen LogP contribution in [0.15, 0.2) is 36.7 Å². The van der Waals surface area contributed by atoms with Crippen LogP contribution in [0.5, 0.6) is 0 Å². The van der Waals surface area contributed by atoms with Crippen molar-refractivity contribution in [3.8, 4) is 0 Å². The van der Waals surface area contributed by atoms with Crippen molar-refractivity contribution in [2.24, 2.45) is 5.92 Å². The minimum absolute atomic E-state index is 0.206. The number of anilines is 2. The number of hydrogen-bond acceptors (Lipinski definition) is 6. The summed E-state index contributed by atoms with van der Waals surface area (Å²) >= 11 is 0. The molecule has 2 N–H and O–H groups in total. The van der Waals surface area contributed by atoms with Crippen LogP contribution >= 0.6 is 0 Å². The zero-order chi connectivity index (χ0) is 17.5. The maximum absolute atomic E-state index is 11.9. The third-order valence-electron chi connectivity index (χ3n) is 3.12. The van der Waals surface area contributed by atoms with Gasteiger partial charge in [0.05, 0.1) is 18.2 Å². The molecule has 0 aliphatic carbocycles. The molecule has 0 radical (unpaired) electrons. The summed E-state index contributed by atoms with van der Waals surface area (Å²) in [6.45, 7) is 4.64. The number of carbonyl (C=O) groups is 2. The fourth-order valence-electron chi connectivity index (χ4n) is 1.88. The second-order valence-electron chi connectivity index (χ2n) is 5.60. The van der Waals surface area contributed by atoms with Gasteiger partial charge in [0.25, 0.3) is 5.91 Å². The zero-order valence-electron chi connectivity index (χ0n) is 13.9. The Bertz CT molecular complexity index is 714. The summed E-state index contributed by atoms with van der Waals surface area (Å²) in [6, 6.07) is 6.79. The van der Waals surface area contributed by atoms with E-state index >= 15 is 0 Å². The fourth-order valence-corrected chi connectivity index (χ4v) is 1.88. The van der Waals surface area contributed by atoms with Gasteiger partial charge in [-0.25, -0.2) is 14.8 Å². The first-order valence-electron chi connectivity index (χ1n) is 7.55. The Morgan fingerprint density at radius 3 is 2.50 bits per heavy atom. The second kappa shape index (κ2) is 8.05. The molecule has 0 saturated carbocycles. The highest BCUT2D eigenvalue weighted by molar-refractivity contribution is 5.93. The first kappa shape index (κ1) is 17.4. The molecule has 7 heteroatoms. The van der Waals surface area contributed by atoms with Gasteiger partial charge in [-0.1, -0.05) is 19.9 Å². The maximum Gasteiger partial charge on any atom is 0.337 e. The normalized spacial score (nSPS) is 10.3. The minimum Gasteiger partial charge on any atom is -0.465 e. The number of nitrogens with zero attached hydrogens (tertiary/aromatic N) is 2. The van der Waals surface area contributed by atoms with Crippen LogP contribution in [0, 0.1) is 5.92 Å². The van der Waals surface area contributed by atoms with Crippen LogP contribution in [0.1, 0.15) is 34.6 Å². The Morgan fingerprint density at radius 2 is 1.88 bits per heavy atom. The molecular formula is C17H20N4O3. The molecule has 0 atom stereocenters. The number of rotatable bonds is 6. The van der Waals surface area contributed by atoms with E-state index in [-0.39, 0.29) is 5.91 Å². The van der Waals surface area contributed by atoms with Crippen LogP contribution in [-0.2, 0) is 4.74 Å². The lowest BCUT2D eigenvalue weighted by atomic mass is 10.2. The highest BCUT2D eigenvalue weighted by Crippen LogP contribution is 2.15. The first-order valence-corrected chi connectivity index (χ1v) is 7.55. The van der Waals surface area contributed by atoms with Gasteiger partial charge in [-0.2, -0.15) is 0 Å². The molecule has 0 spiro atoms. The SMILES string of the molecule is COC(=O)c1cccc(Nc2ncc(C(=O)NCC(C)C)cn2)c1. The molecule has 0 bridgehead atoms. The maximum atomic E-state index is 11.9. The molecular weight excluding hydrogens is 308 g/mol. The van der Waals surface area contributed by atoms with Gasteiger partial charge in [-0.05, 0) is 24.1 Å². The van der Waals surface area contributed by atoms with E-state index in [9.17, 15) is 9.59 Å². The number of methoxy groups -OCH3 is 1. The Balaban J connectivity index is 2.04. The molecule has 1 aromatic carbocycles. The van der Waals surface area contributed by atoms with Crippen LogP contribution in [0.25, 0.3) is 0 Å². The summed E-state index contributed by atoms with van der Waals surface area (Å²) in [7, 11) is 1.33. The minimum atomic E-state index is -0.420. The Kier molecular flexibility index (Phi) is 5.83. The largest absolute Gasteiger partial charge is 0.465 e. The van der Waals surface area contributed by atoms with Crippen molar-refractivity contribution in [2.75, 3.05) is 19.0 Å². The third-order valence-corrected chi connectivity index (χ3v) is 3.12. The molecule has 2 rings (SSSR count). The third kappa shape index (κ3) is 4.77. The Morgan fingerprint density at radius 1 is 1.17 bits per heavy atom. The number of hydrogen-bond donors (Lipinski definition) is 2. The average Bonchev–Trinajstić information content (AvgIpc) is 2.59. The summed E-state index contributed by atoms with van der Waals surface area (Å²) in [5, 5.41) is 5.78. The zero-order valence-corrected chi connectivity index (χ0v) is 13.9. The summed E-state index contributed by atoms with van der Waals surface area (Å²) in [4.78, 5) is 31.7. The van der Waals surface area contributed by atoms with Crippen molar-refractivity contribution in [3.63, 3.8) is 0 Å². The van der Waals surface area contributed by atoms with E-state index in [1.165, 1.54) is 19.5 Å². The number of amides is 1. The molecule has 0 fully saturated rings. The van der Waals surface area contributed by atoms with Crippen LogP contribution in [0.4, 0.5) is 11.6 Å². The number of aromatic nitrogens is 2. The van der Waals surface area contributed by atoms with E-state index in [4.69, 9.17) is 0 Å². The van der Waals surface area contributed by atoms with E-state index in [0.29, 0.717) is 35.2 Å². The smallest absolute Gasteiger partial charge is 0.337 e. The number of ether oxygens (including phenoxy) is 1. The highest BCUT2D eigenvalue weighted by Gasteiger charge is 2.09. The Labute approximate surface area is 140 Å². The summed E-state index contributed by atoms with van der Waals surface area (Å²) < 4.78 is 4.68. The molecule has 0 unspecified atom stereocenters. The van der Waals surface area contributed by atoms with Crippen LogP contribution in [-0.4, -0.2) is 35.5 Å². The standard InChI is InChI=1S/C17H20N4O3/c1-11(2)8-18-15(22)13-9-19-17(20-10-13)21-14-6-4-5-12(7-14)16(23)24-3/h4-7,9-11H,8H2,1-3H3,(H,18,22)(H,19,20,21). The number of esters is 1. The second-order valence-corrected chi connectivity index (χ2v) is 5.60. The summed E-state index contributed by atoms with van der Waals surface area (Å²) in [6.07, 6.45) is 2.91. The van der Waals surface area contributed by atoms with Crippen molar-refractivity contribution in [1.29, 1.82) is 0 Å². The highest BCUT2D eigenvalue weighted by atomic mass is 16.5. The monoisotopic (exact) mass is 328 g/mol. The van der Waals surface area contributed by atoms with Gasteiger partial charge in [-0.3, -0.25) is 4.79 Å². The Hall–Kier alpha value is -2.96. The van der Waals surface area contributed by atoms with Crippen molar-refractivity contribution < 1.29 is 14.3 Å². The molecule has 1 aromatic heterocycles. The molecule has 1 amide bonds. The van der Waals surface area contributed by atoms with Crippen LogP contribution < -0.4 is 10.6 Å². The lowest BCUT2D eigenvalue weighted by molar-refractivity contribution is 0.0600. The van der Waals surface area contributed by atoms with E-state index in [0.717, 1.165) is 0 Å². The number of carbonyl (C=O) groups excluding carboxylic acids is 2. The quantitative estimate of drug-likeness (QED) is 0.791. The molecule has 0 saturated heterocycles. The van der Waals surface area contributed by atoms with Crippen LogP contribution in [0.2, 0.25) is 0 Å². The molecule has 0 aliphatic rings. The van der Waals surface area contributed by atoms with E-state index in [1.54, 1.807) is 24.3 Å². The van der Waals surface area contributed by atoms with Crippen LogP contribution in [0.3, 0.4) is 0 Å².